The van der Waals surface area contributed by atoms with Crippen LogP contribution in [0, 0.1) is 12.9 Å². The second kappa shape index (κ2) is 11.0. The predicted octanol–water partition coefficient (Wildman–Crippen LogP) is 1.87. The number of hydrogen-bond donors (Lipinski definition) is 4. The molecule has 4 aromatic rings. The van der Waals surface area contributed by atoms with E-state index in [2.05, 4.69) is 20.6 Å². The van der Waals surface area contributed by atoms with Crippen molar-refractivity contribution in [2.24, 2.45) is 12.8 Å². The monoisotopic (exact) mass is 626 g/mol. The molecule has 2 aliphatic heterocycles. The molecule has 5 N–H and O–H groups in total. The van der Waals surface area contributed by atoms with Crippen molar-refractivity contribution in [1.29, 1.82) is 0 Å². The first-order valence-electron chi connectivity index (χ1n) is 13.6. The zero-order chi connectivity index (χ0) is 31.4. The lowest BCUT2D eigenvalue weighted by atomic mass is 10.00. The average molecular weight is 627 g/mol. The minimum atomic E-state index is -0.928. The van der Waals surface area contributed by atoms with Crippen LogP contribution in [-0.2, 0) is 18.4 Å². The highest BCUT2D eigenvalue weighted by Gasteiger charge is 2.31. The van der Waals surface area contributed by atoms with E-state index in [1.165, 1.54) is 27.5 Å². The molecular weight excluding hydrogens is 599 g/mol. The quantitative estimate of drug-likeness (QED) is 0.231. The summed E-state index contributed by atoms with van der Waals surface area (Å²) in [4.78, 5) is 49.5. The van der Waals surface area contributed by atoms with E-state index in [-0.39, 0.29) is 69.3 Å². The van der Waals surface area contributed by atoms with Crippen LogP contribution < -0.4 is 36.3 Å². The molecule has 1 aromatic carbocycles. The number of rotatable bonds is 6. The van der Waals surface area contributed by atoms with Crippen molar-refractivity contribution < 1.29 is 28.6 Å². The molecule has 3 aromatic heterocycles. The number of anilines is 2. The maximum atomic E-state index is 14.8. The Hall–Kier alpha value is -4.89. The minimum absolute atomic E-state index is 0.0350. The van der Waals surface area contributed by atoms with Gasteiger partial charge in [-0.15, -0.1) is 0 Å². The van der Waals surface area contributed by atoms with Crippen LogP contribution in [-0.4, -0.2) is 68.5 Å². The second-order valence-corrected chi connectivity index (χ2v) is 10.9. The first-order chi connectivity index (χ1) is 21.0. The highest BCUT2D eigenvalue weighted by Crippen LogP contribution is 2.50. The number of pyridine rings is 1. The third-order valence-electron chi connectivity index (χ3n) is 7.78. The first-order valence-corrected chi connectivity index (χ1v) is 14.0. The van der Waals surface area contributed by atoms with Gasteiger partial charge in [-0.05, 0) is 19.9 Å². The molecule has 2 aliphatic rings. The van der Waals surface area contributed by atoms with E-state index in [1.54, 1.807) is 14.0 Å². The van der Waals surface area contributed by atoms with Crippen LogP contribution in [0.2, 0.25) is 5.02 Å². The largest absolute Gasteiger partial charge is 0.504 e. The van der Waals surface area contributed by atoms with E-state index in [9.17, 15) is 23.9 Å². The number of primary amides is 1. The topological polar surface area (TPSA) is 179 Å². The number of piperazine rings is 1. The number of nitrogens with one attached hydrogen (secondary N) is 2. The normalized spacial score (nSPS) is 16.0. The lowest BCUT2D eigenvalue weighted by molar-refractivity contribution is -0.116. The van der Waals surface area contributed by atoms with Gasteiger partial charge in [0.1, 0.15) is 28.9 Å². The molecule has 0 unspecified atom stereocenters. The molecule has 0 saturated carbocycles. The van der Waals surface area contributed by atoms with E-state index in [0.717, 1.165) is 0 Å². The Morgan fingerprint density at radius 3 is 2.73 bits per heavy atom. The summed E-state index contributed by atoms with van der Waals surface area (Å²) in [7, 11) is 1.55. The molecule has 1 saturated heterocycles. The van der Waals surface area contributed by atoms with Crippen molar-refractivity contribution in [1.82, 2.24) is 24.4 Å². The van der Waals surface area contributed by atoms with Gasteiger partial charge in [0, 0.05) is 56.1 Å². The summed E-state index contributed by atoms with van der Waals surface area (Å²) in [6, 6.07) is 2.85. The number of aryl methyl sites for hydroxylation is 1. The summed E-state index contributed by atoms with van der Waals surface area (Å²) in [6.45, 7) is 4.98. The van der Waals surface area contributed by atoms with Crippen molar-refractivity contribution in [3.63, 3.8) is 0 Å². The lowest BCUT2D eigenvalue weighted by Crippen LogP contribution is -2.50. The summed E-state index contributed by atoms with van der Waals surface area (Å²) in [5, 5.41) is 16.2. The number of benzene rings is 1. The fourth-order valence-electron chi connectivity index (χ4n) is 5.44. The molecule has 230 valence electrons. The number of carbonyl (C=O) groups is 2. The molecule has 1 atom stereocenters. The van der Waals surface area contributed by atoms with E-state index in [4.69, 9.17) is 26.8 Å². The van der Waals surface area contributed by atoms with Crippen LogP contribution in [0.15, 0.2) is 23.1 Å². The van der Waals surface area contributed by atoms with Crippen molar-refractivity contribution in [3.05, 3.63) is 51.0 Å². The fraction of sp³-hybridized carbons (Fsp3) is 0.321. The third-order valence-corrected chi connectivity index (χ3v) is 8.14. The van der Waals surface area contributed by atoms with Gasteiger partial charge in [0.2, 0.25) is 24.4 Å². The minimum Gasteiger partial charge on any atom is -0.504 e. The van der Waals surface area contributed by atoms with Crippen LogP contribution in [0.5, 0.6) is 17.2 Å². The molecule has 0 radical (unpaired) electrons. The molecule has 2 amide bonds. The molecule has 0 bridgehead atoms. The van der Waals surface area contributed by atoms with Gasteiger partial charge in [0.15, 0.2) is 11.5 Å². The van der Waals surface area contributed by atoms with Gasteiger partial charge in [0.05, 0.1) is 16.6 Å². The van der Waals surface area contributed by atoms with Crippen LogP contribution in [0.3, 0.4) is 0 Å². The number of ether oxygens (including phenoxy) is 2. The van der Waals surface area contributed by atoms with E-state index in [0.29, 0.717) is 31.3 Å². The zero-order valence-electron chi connectivity index (χ0n) is 23.9. The highest BCUT2D eigenvalue weighted by atomic mass is 35.5. The summed E-state index contributed by atoms with van der Waals surface area (Å²) in [5.74, 6) is -2.24. The van der Waals surface area contributed by atoms with Gasteiger partial charge in [-0.1, -0.05) is 11.6 Å². The standard InChI is InChI=1S/C28H28ClFN8O6/c1-12-8-32-4-5-38(12)18-7-17(21(29)25(30)35-18)34-19(39)10-37-9-16(20-27(37)33-13(2)36(3)28(20)42)14-6-15(26(31)41)22(40)24-23(14)43-11-44-24/h6-7,9,12,32,40H,4-5,8,10-11H2,1-3H3,(H2,31,41)(H,34,35,39)/t12-/m0/s1. The Morgan fingerprint density at radius 2 is 2.00 bits per heavy atom. The average Bonchev–Trinajstić information content (AvgIpc) is 3.61. The number of nitrogens with zero attached hydrogens (tertiary/aromatic N) is 5. The number of hydrogen-bond acceptors (Lipinski definition) is 10. The van der Waals surface area contributed by atoms with Crippen molar-refractivity contribution >= 4 is 46.0 Å². The molecule has 0 aliphatic carbocycles. The molecule has 6 rings (SSSR count). The number of aromatic hydroxyl groups is 1. The number of halogens is 2. The highest BCUT2D eigenvalue weighted by molar-refractivity contribution is 6.33. The van der Waals surface area contributed by atoms with Crippen LogP contribution in [0.25, 0.3) is 22.2 Å². The molecule has 14 nitrogen and oxygen atoms in total. The van der Waals surface area contributed by atoms with Crippen molar-refractivity contribution in [2.45, 2.75) is 26.4 Å². The smallest absolute Gasteiger partial charge is 0.263 e. The van der Waals surface area contributed by atoms with Gasteiger partial charge in [-0.2, -0.15) is 4.39 Å². The van der Waals surface area contributed by atoms with E-state index < -0.39 is 29.1 Å². The maximum Gasteiger partial charge on any atom is 0.263 e. The molecule has 0 spiro atoms. The van der Waals surface area contributed by atoms with Crippen LogP contribution in [0.1, 0.15) is 23.1 Å². The van der Waals surface area contributed by atoms with Crippen LogP contribution in [0.4, 0.5) is 15.9 Å². The molecule has 5 heterocycles. The Morgan fingerprint density at radius 1 is 1.25 bits per heavy atom. The Bertz CT molecular complexity index is 1930. The Labute approximate surface area is 254 Å². The van der Waals surface area contributed by atoms with Crippen molar-refractivity contribution in [3.8, 4) is 28.4 Å². The number of aromatic nitrogens is 4. The number of fused-ring (bicyclic) bond motifs is 2. The van der Waals surface area contributed by atoms with E-state index >= 15 is 0 Å². The summed E-state index contributed by atoms with van der Waals surface area (Å²) in [5.41, 5.74) is 5.50. The molecule has 1 fully saturated rings. The molecule has 44 heavy (non-hydrogen) atoms. The first kappa shape index (κ1) is 29.2. The maximum absolute atomic E-state index is 14.8. The number of nitrogens with two attached hydrogens (primary N) is 1. The Balaban J connectivity index is 1.42. The van der Waals surface area contributed by atoms with Gasteiger partial charge in [-0.3, -0.25) is 19.0 Å². The number of amides is 2. The summed E-state index contributed by atoms with van der Waals surface area (Å²) >= 11 is 6.20. The number of carbonyl (C=O) groups excluding carboxylic acids is 2. The van der Waals surface area contributed by atoms with E-state index in [1.807, 2.05) is 11.8 Å². The predicted molar refractivity (Wildman–Crippen MR) is 159 cm³/mol. The third kappa shape index (κ3) is 4.83. The molecule has 16 heteroatoms. The zero-order valence-corrected chi connectivity index (χ0v) is 24.7. The SMILES string of the molecule is Cc1nc2c(c(-c3cc(C(N)=O)c(O)c4c3OCO4)cn2CC(=O)Nc2cc(N3CCNC[C@@H]3C)nc(F)c2Cl)c(=O)n1C. The summed E-state index contributed by atoms with van der Waals surface area (Å²) in [6.07, 6.45) is 1.50. The second-order valence-electron chi connectivity index (χ2n) is 10.6. The lowest BCUT2D eigenvalue weighted by Gasteiger charge is -2.35. The molecular formula is C28H28ClFN8O6. The Kier molecular flexibility index (Phi) is 7.29. The summed E-state index contributed by atoms with van der Waals surface area (Å²) < 4.78 is 28.5. The van der Waals surface area contributed by atoms with Gasteiger partial charge in [-0.25, -0.2) is 9.97 Å². The van der Waals surface area contributed by atoms with Crippen molar-refractivity contribution in [2.75, 3.05) is 36.6 Å². The van der Waals surface area contributed by atoms with Gasteiger partial charge >= 0.3 is 0 Å². The number of phenols is 1. The van der Waals surface area contributed by atoms with Gasteiger partial charge < -0.3 is 40.4 Å². The van der Waals surface area contributed by atoms with Crippen LogP contribution >= 0.6 is 11.6 Å². The fourth-order valence-corrected chi connectivity index (χ4v) is 5.58. The van der Waals surface area contributed by atoms with Gasteiger partial charge in [0.25, 0.3) is 11.5 Å².